The number of carbonyl (C=O) groups excluding carboxylic acids is 1. The summed E-state index contributed by atoms with van der Waals surface area (Å²) >= 11 is 1.44. The van der Waals surface area contributed by atoms with Gasteiger partial charge >= 0.3 is 6.18 Å². The van der Waals surface area contributed by atoms with Crippen LogP contribution in [0.4, 0.5) is 18.9 Å². The van der Waals surface area contributed by atoms with Crippen LogP contribution in [0.15, 0.2) is 29.4 Å². The second-order valence-electron chi connectivity index (χ2n) is 9.14. The van der Waals surface area contributed by atoms with Gasteiger partial charge in [-0.25, -0.2) is 0 Å². The predicted octanol–water partition coefficient (Wildman–Crippen LogP) is 5.91. The molecule has 1 amide bonds. The largest absolute Gasteiger partial charge is 0.416 e. The number of carbonyl (C=O) groups is 1. The van der Waals surface area contributed by atoms with E-state index in [4.69, 9.17) is 0 Å². The number of halogens is 3. The van der Waals surface area contributed by atoms with Crippen LogP contribution >= 0.6 is 11.8 Å². The lowest BCUT2D eigenvalue weighted by molar-refractivity contribution is -0.137. The van der Waals surface area contributed by atoms with Crippen LogP contribution in [0.1, 0.15) is 75.7 Å². The van der Waals surface area contributed by atoms with E-state index in [-0.39, 0.29) is 23.7 Å². The number of nitrogens with zero attached hydrogens (tertiary/aromatic N) is 4. The summed E-state index contributed by atoms with van der Waals surface area (Å²) in [6.07, 6.45) is 4.34. The molecule has 34 heavy (non-hydrogen) atoms. The summed E-state index contributed by atoms with van der Waals surface area (Å²) in [5, 5.41) is 12.3. The first-order valence-corrected chi connectivity index (χ1v) is 13.0. The molecule has 0 bridgehead atoms. The standard InChI is InChI=1S/C24H32F3N5OS/c1-17(22(33)31-13-6-3-7-14-31)34-23-30-29-21(32(23)20-11-4-2-5-12-20)16-28-19-10-8-9-18(15-19)24(25,26)27/h8-10,15,17,20,28H,2-7,11-14,16H2,1H3. The monoisotopic (exact) mass is 495 g/mol. The Hall–Kier alpha value is -2.23. The topological polar surface area (TPSA) is 63.1 Å². The number of aromatic nitrogens is 3. The molecule has 1 saturated carbocycles. The minimum absolute atomic E-state index is 0.131. The molecule has 2 aliphatic rings. The number of alkyl halides is 3. The van der Waals surface area contributed by atoms with Gasteiger partial charge in [0.1, 0.15) is 0 Å². The zero-order valence-corrected chi connectivity index (χ0v) is 20.3. The van der Waals surface area contributed by atoms with Crippen molar-refractivity contribution in [1.82, 2.24) is 19.7 Å². The number of likely N-dealkylation sites (tertiary alicyclic amines) is 1. The highest BCUT2D eigenvalue weighted by atomic mass is 32.2. The van der Waals surface area contributed by atoms with Gasteiger partial charge in [-0.1, -0.05) is 37.1 Å². The average Bonchev–Trinajstić information content (AvgIpc) is 3.25. The maximum Gasteiger partial charge on any atom is 0.416 e. The molecule has 0 radical (unpaired) electrons. The van der Waals surface area contributed by atoms with E-state index >= 15 is 0 Å². The first-order chi connectivity index (χ1) is 16.3. The van der Waals surface area contributed by atoms with Crippen molar-refractivity contribution in [2.45, 2.75) is 87.5 Å². The van der Waals surface area contributed by atoms with Crippen LogP contribution in [0.25, 0.3) is 0 Å². The quantitative estimate of drug-likeness (QED) is 0.484. The van der Waals surface area contributed by atoms with Gasteiger partial charge in [-0.3, -0.25) is 4.79 Å². The van der Waals surface area contributed by atoms with Gasteiger partial charge < -0.3 is 14.8 Å². The second kappa shape index (κ2) is 11.0. The summed E-state index contributed by atoms with van der Waals surface area (Å²) in [6, 6.07) is 5.42. The molecule has 0 spiro atoms. The number of amides is 1. The van der Waals surface area contributed by atoms with Gasteiger partial charge in [-0.15, -0.1) is 10.2 Å². The number of rotatable bonds is 7. The van der Waals surface area contributed by atoms with E-state index in [1.165, 1.54) is 30.7 Å². The normalized spacial score (nSPS) is 18.6. The van der Waals surface area contributed by atoms with Crippen molar-refractivity contribution in [1.29, 1.82) is 0 Å². The summed E-state index contributed by atoms with van der Waals surface area (Å²) in [5.41, 5.74) is -0.302. The van der Waals surface area contributed by atoms with Crippen LogP contribution in [0.2, 0.25) is 0 Å². The molecule has 2 fully saturated rings. The fraction of sp³-hybridized carbons (Fsp3) is 0.625. The van der Waals surface area contributed by atoms with Gasteiger partial charge in [0, 0.05) is 24.8 Å². The van der Waals surface area contributed by atoms with E-state index in [2.05, 4.69) is 20.1 Å². The number of hydrogen-bond donors (Lipinski definition) is 1. The van der Waals surface area contributed by atoms with Crippen molar-refractivity contribution in [3.05, 3.63) is 35.7 Å². The van der Waals surface area contributed by atoms with Crippen molar-refractivity contribution >= 4 is 23.4 Å². The minimum atomic E-state index is -4.39. The van der Waals surface area contributed by atoms with Crippen LogP contribution in [0, 0.1) is 0 Å². The summed E-state index contributed by atoms with van der Waals surface area (Å²) in [5.74, 6) is 0.816. The lowest BCUT2D eigenvalue weighted by Gasteiger charge is -2.29. The third-order valence-electron chi connectivity index (χ3n) is 6.61. The molecule has 1 aromatic carbocycles. The maximum atomic E-state index is 13.1. The predicted molar refractivity (Wildman–Crippen MR) is 127 cm³/mol. The summed E-state index contributed by atoms with van der Waals surface area (Å²) in [6.45, 7) is 3.80. The van der Waals surface area contributed by atoms with E-state index in [0.29, 0.717) is 16.7 Å². The van der Waals surface area contributed by atoms with Crippen LogP contribution < -0.4 is 5.32 Å². The molecular formula is C24H32F3N5OS. The number of piperidine rings is 1. The lowest BCUT2D eigenvalue weighted by atomic mass is 9.95. The Kier molecular flexibility index (Phi) is 8.06. The highest BCUT2D eigenvalue weighted by Gasteiger charge is 2.31. The minimum Gasteiger partial charge on any atom is -0.378 e. The second-order valence-corrected chi connectivity index (χ2v) is 10.4. The molecule has 1 aliphatic heterocycles. The zero-order chi connectivity index (χ0) is 24.1. The Bertz CT molecular complexity index is 968. The third-order valence-corrected chi connectivity index (χ3v) is 7.66. The van der Waals surface area contributed by atoms with Crippen LogP contribution in [0.5, 0.6) is 0 Å². The van der Waals surface area contributed by atoms with Gasteiger partial charge in [-0.05, 0) is 57.2 Å². The fourth-order valence-corrected chi connectivity index (χ4v) is 5.80. The third kappa shape index (κ3) is 6.06. The van der Waals surface area contributed by atoms with Gasteiger partial charge in [0.25, 0.3) is 0 Å². The lowest BCUT2D eigenvalue weighted by Crippen LogP contribution is -2.40. The number of benzene rings is 1. The summed E-state index contributed by atoms with van der Waals surface area (Å²) < 4.78 is 41.3. The number of anilines is 1. The van der Waals surface area contributed by atoms with E-state index in [1.807, 2.05) is 11.8 Å². The SMILES string of the molecule is CC(Sc1nnc(CNc2cccc(C(F)(F)F)c2)n1C1CCCCC1)C(=O)N1CCCCC1. The maximum absolute atomic E-state index is 13.1. The van der Waals surface area contributed by atoms with Gasteiger partial charge in [0.15, 0.2) is 11.0 Å². The van der Waals surface area contributed by atoms with Crippen molar-refractivity contribution in [2.24, 2.45) is 0 Å². The van der Waals surface area contributed by atoms with E-state index in [1.54, 1.807) is 6.07 Å². The Morgan fingerprint density at radius 3 is 2.53 bits per heavy atom. The molecule has 1 aromatic heterocycles. The number of thioether (sulfide) groups is 1. The van der Waals surface area contributed by atoms with E-state index in [9.17, 15) is 18.0 Å². The first kappa shape index (κ1) is 24.9. The Labute approximate surface area is 202 Å². The van der Waals surface area contributed by atoms with E-state index < -0.39 is 11.7 Å². The Morgan fingerprint density at radius 1 is 1.12 bits per heavy atom. The highest BCUT2D eigenvalue weighted by Crippen LogP contribution is 2.35. The van der Waals surface area contributed by atoms with Crippen molar-refractivity contribution < 1.29 is 18.0 Å². The van der Waals surface area contributed by atoms with Crippen molar-refractivity contribution in [3.8, 4) is 0 Å². The summed E-state index contributed by atoms with van der Waals surface area (Å²) in [7, 11) is 0. The van der Waals surface area contributed by atoms with E-state index in [0.717, 1.165) is 63.7 Å². The number of hydrogen-bond acceptors (Lipinski definition) is 5. The van der Waals surface area contributed by atoms with Gasteiger partial charge in [0.2, 0.25) is 5.91 Å². The molecule has 1 saturated heterocycles. The summed E-state index contributed by atoms with van der Waals surface area (Å²) in [4.78, 5) is 14.9. The van der Waals surface area contributed by atoms with Crippen molar-refractivity contribution in [3.63, 3.8) is 0 Å². The first-order valence-electron chi connectivity index (χ1n) is 12.1. The fourth-order valence-electron chi connectivity index (χ4n) is 4.78. The average molecular weight is 496 g/mol. The molecule has 1 unspecified atom stereocenters. The Morgan fingerprint density at radius 2 is 1.82 bits per heavy atom. The van der Waals surface area contributed by atoms with Gasteiger partial charge in [0.05, 0.1) is 17.4 Å². The smallest absolute Gasteiger partial charge is 0.378 e. The van der Waals surface area contributed by atoms with Crippen LogP contribution in [-0.4, -0.2) is 43.9 Å². The molecule has 1 N–H and O–H groups in total. The molecule has 6 nitrogen and oxygen atoms in total. The molecule has 10 heteroatoms. The molecular weight excluding hydrogens is 463 g/mol. The molecule has 2 heterocycles. The van der Waals surface area contributed by atoms with Gasteiger partial charge in [-0.2, -0.15) is 13.2 Å². The number of nitrogens with one attached hydrogen (secondary N) is 1. The van der Waals surface area contributed by atoms with Crippen LogP contribution in [0.3, 0.4) is 0 Å². The molecule has 2 aromatic rings. The molecule has 1 atom stereocenters. The molecule has 1 aliphatic carbocycles. The zero-order valence-electron chi connectivity index (χ0n) is 19.5. The molecule has 186 valence electrons. The Balaban J connectivity index is 1.50. The highest BCUT2D eigenvalue weighted by molar-refractivity contribution is 8.00. The molecule has 4 rings (SSSR count). The van der Waals surface area contributed by atoms with Crippen molar-refractivity contribution in [2.75, 3.05) is 18.4 Å². The van der Waals surface area contributed by atoms with Crippen LogP contribution in [-0.2, 0) is 17.5 Å².